The molecular weight excluding hydrogens is 414 g/mol. The second kappa shape index (κ2) is 9.45. The molecule has 3 aromatic rings. The summed E-state index contributed by atoms with van der Waals surface area (Å²) < 4.78 is 0. The minimum atomic E-state index is -0.526. The lowest BCUT2D eigenvalue weighted by Crippen LogP contribution is -2.30. The van der Waals surface area contributed by atoms with E-state index in [9.17, 15) is 9.59 Å². The number of nitrogens with one attached hydrogen (secondary N) is 1. The van der Waals surface area contributed by atoms with E-state index in [0.717, 1.165) is 27.3 Å². The molecule has 0 aliphatic carbocycles. The average molecular weight is 440 g/mol. The molecule has 3 N–H and O–H groups in total. The lowest BCUT2D eigenvalue weighted by Gasteiger charge is -2.19. The Morgan fingerprint density at radius 1 is 1.10 bits per heavy atom. The van der Waals surface area contributed by atoms with Crippen molar-refractivity contribution < 1.29 is 9.59 Å². The Kier molecular flexibility index (Phi) is 6.95. The van der Waals surface area contributed by atoms with Gasteiger partial charge in [-0.3, -0.25) is 9.59 Å². The van der Waals surface area contributed by atoms with Gasteiger partial charge in [-0.25, -0.2) is 4.98 Å². The van der Waals surface area contributed by atoms with Crippen LogP contribution >= 0.6 is 23.1 Å². The molecule has 1 aromatic carbocycles. The first-order chi connectivity index (χ1) is 14.3. The molecule has 0 bridgehead atoms. The van der Waals surface area contributed by atoms with Gasteiger partial charge in [0.05, 0.1) is 17.4 Å². The molecule has 3 rings (SSSR count). The van der Waals surface area contributed by atoms with E-state index >= 15 is 0 Å². The Hall–Kier alpha value is -2.64. The SMILES string of the molecule is Cc1ccc(C(NC(=O)CSc2nc(C)c(C)c(C)c2C(N)=O)c2cccs2)cc1. The van der Waals surface area contributed by atoms with Crippen LogP contribution in [0.15, 0.2) is 46.8 Å². The number of primary amides is 1. The van der Waals surface area contributed by atoms with Crippen LogP contribution in [0.25, 0.3) is 0 Å². The highest BCUT2D eigenvalue weighted by molar-refractivity contribution is 8.00. The summed E-state index contributed by atoms with van der Waals surface area (Å²) in [6.07, 6.45) is 0. The molecule has 1 atom stereocenters. The number of hydrogen-bond donors (Lipinski definition) is 2. The molecule has 0 aliphatic rings. The number of aryl methyl sites for hydroxylation is 2. The van der Waals surface area contributed by atoms with E-state index in [1.54, 1.807) is 11.3 Å². The normalized spacial score (nSPS) is 11.9. The van der Waals surface area contributed by atoms with Crippen molar-refractivity contribution in [2.75, 3.05) is 5.75 Å². The summed E-state index contributed by atoms with van der Waals surface area (Å²) in [5, 5.41) is 5.62. The minimum Gasteiger partial charge on any atom is -0.366 e. The van der Waals surface area contributed by atoms with Gasteiger partial charge >= 0.3 is 0 Å². The molecule has 7 heteroatoms. The first-order valence-electron chi connectivity index (χ1n) is 9.57. The van der Waals surface area contributed by atoms with E-state index in [4.69, 9.17) is 5.73 Å². The first-order valence-corrected chi connectivity index (χ1v) is 11.4. The van der Waals surface area contributed by atoms with Crippen LogP contribution in [0, 0.1) is 27.7 Å². The highest BCUT2D eigenvalue weighted by Crippen LogP contribution is 2.29. The third-order valence-corrected chi connectivity index (χ3v) is 7.01. The van der Waals surface area contributed by atoms with E-state index in [-0.39, 0.29) is 17.7 Å². The van der Waals surface area contributed by atoms with Crippen molar-refractivity contribution >= 4 is 34.9 Å². The Labute approximate surface area is 185 Å². The van der Waals surface area contributed by atoms with Crippen LogP contribution in [0.3, 0.4) is 0 Å². The lowest BCUT2D eigenvalue weighted by atomic mass is 10.0. The molecule has 2 aromatic heterocycles. The number of thioether (sulfide) groups is 1. The maximum absolute atomic E-state index is 12.8. The third-order valence-electron chi connectivity index (χ3n) is 5.09. The van der Waals surface area contributed by atoms with Crippen LogP contribution in [0.4, 0.5) is 0 Å². The van der Waals surface area contributed by atoms with Gasteiger partial charge in [0.15, 0.2) is 0 Å². The predicted molar refractivity (Wildman–Crippen MR) is 123 cm³/mol. The molecule has 0 spiro atoms. The van der Waals surface area contributed by atoms with Crippen LogP contribution in [-0.4, -0.2) is 22.6 Å². The topological polar surface area (TPSA) is 85.1 Å². The van der Waals surface area contributed by atoms with Gasteiger partial charge < -0.3 is 11.1 Å². The van der Waals surface area contributed by atoms with Gasteiger partial charge in [0, 0.05) is 10.6 Å². The Balaban J connectivity index is 1.79. The molecular formula is C23H25N3O2S2. The summed E-state index contributed by atoms with van der Waals surface area (Å²) in [7, 11) is 0. The molecule has 0 saturated heterocycles. The van der Waals surface area contributed by atoms with E-state index in [1.165, 1.54) is 17.3 Å². The van der Waals surface area contributed by atoms with Crippen LogP contribution < -0.4 is 11.1 Å². The van der Waals surface area contributed by atoms with E-state index in [1.807, 2.05) is 69.5 Å². The number of benzene rings is 1. The van der Waals surface area contributed by atoms with Gasteiger partial charge in [0.1, 0.15) is 5.03 Å². The second-order valence-electron chi connectivity index (χ2n) is 7.21. The number of nitrogens with two attached hydrogens (primary N) is 1. The third kappa shape index (κ3) is 4.91. The van der Waals surface area contributed by atoms with E-state index < -0.39 is 5.91 Å². The highest BCUT2D eigenvalue weighted by atomic mass is 32.2. The number of amides is 2. The Morgan fingerprint density at radius 2 is 1.80 bits per heavy atom. The summed E-state index contributed by atoms with van der Waals surface area (Å²) in [6.45, 7) is 7.70. The Morgan fingerprint density at radius 3 is 2.40 bits per heavy atom. The van der Waals surface area contributed by atoms with Gasteiger partial charge in [-0.1, -0.05) is 47.7 Å². The molecule has 0 saturated carbocycles. The second-order valence-corrected chi connectivity index (χ2v) is 9.15. The number of pyridine rings is 1. The fourth-order valence-corrected chi connectivity index (χ4v) is 4.93. The van der Waals surface area contributed by atoms with Gasteiger partial charge in [-0.2, -0.15) is 0 Å². The molecule has 5 nitrogen and oxygen atoms in total. The Bertz CT molecular complexity index is 1060. The number of nitrogens with zero attached hydrogens (tertiary/aromatic N) is 1. The number of thiophene rings is 1. The number of hydrogen-bond acceptors (Lipinski definition) is 5. The van der Waals surface area contributed by atoms with Crippen molar-refractivity contribution in [3.8, 4) is 0 Å². The van der Waals surface area contributed by atoms with E-state index in [2.05, 4.69) is 10.3 Å². The van der Waals surface area contributed by atoms with Gasteiger partial charge in [-0.05, 0) is 55.8 Å². The summed E-state index contributed by atoms with van der Waals surface area (Å²) in [6, 6.07) is 11.9. The van der Waals surface area contributed by atoms with Crippen molar-refractivity contribution in [1.29, 1.82) is 0 Å². The monoisotopic (exact) mass is 439 g/mol. The molecule has 156 valence electrons. The fourth-order valence-electron chi connectivity index (χ4n) is 3.18. The molecule has 0 fully saturated rings. The standard InChI is InChI=1S/C23H25N3O2S2/c1-13-7-9-17(10-8-13)21(18-6-5-11-29-18)26-19(27)12-30-23-20(22(24)28)15(3)14(2)16(4)25-23/h5-11,21H,12H2,1-4H3,(H2,24,28)(H,26,27). The zero-order chi connectivity index (χ0) is 21.8. The quantitative estimate of drug-likeness (QED) is 0.532. The number of rotatable bonds is 7. The molecule has 2 heterocycles. The number of aromatic nitrogens is 1. The van der Waals surface area contributed by atoms with Crippen molar-refractivity contribution in [3.05, 3.63) is 80.2 Å². The summed E-state index contributed by atoms with van der Waals surface area (Å²) in [5.74, 6) is -0.516. The maximum Gasteiger partial charge on any atom is 0.251 e. The smallest absolute Gasteiger partial charge is 0.251 e. The molecule has 30 heavy (non-hydrogen) atoms. The number of carbonyl (C=O) groups excluding carboxylic acids is 2. The minimum absolute atomic E-state index is 0.132. The zero-order valence-electron chi connectivity index (χ0n) is 17.5. The zero-order valence-corrected chi connectivity index (χ0v) is 19.1. The van der Waals surface area contributed by atoms with Gasteiger partial charge in [0.25, 0.3) is 5.91 Å². The maximum atomic E-state index is 12.8. The van der Waals surface area contributed by atoms with Crippen molar-refractivity contribution in [3.63, 3.8) is 0 Å². The average Bonchev–Trinajstić information content (AvgIpc) is 3.23. The summed E-state index contributed by atoms with van der Waals surface area (Å²) in [5.41, 5.74) is 10.8. The van der Waals surface area contributed by atoms with Crippen LogP contribution in [-0.2, 0) is 4.79 Å². The molecule has 1 unspecified atom stereocenters. The van der Waals surface area contributed by atoms with E-state index in [0.29, 0.717) is 10.6 Å². The lowest BCUT2D eigenvalue weighted by molar-refractivity contribution is -0.119. The van der Waals surface area contributed by atoms with Crippen molar-refractivity contribution in [2.45, 2.75) is 38.8 Å². The highest BCUT2D eigenvalue weighted by Gasteiger charge is 2.21. The predicted octanol–water partition coefficient (Wildman–Crippen LogP) is 4.47. The molecule has 0 aliphatic heterocycles. The molecule has 2 amide bonds. The summed E-state index contributed by atoms with van der Waals surface area (Å²) >= 11 is 2.84. The summed E-state index contributed by atoms with van der Waals surface area (Å²) in [4.78, 5) is 30.3. The van der Waals surface area contributed by atoms with Crippen LogP contribution in [0.1, 0.15) is 49.2 Å². The van der Waals surface area contributed by atoms with Crippen molar-refractivity contribution in [2.24, 2.45) is 5.73 Å². The van der Waals surface area contributed by atoms with Crippen LogP contribution in [0.5, 0.6) is 0 Å². The van der Waals surface area contributed by atoms with Gasteiger partial charge in [0.2, 0.25) is 5.91 Å². The molecule has 0 radical (unpaired) electrons. The first kappa shape index (κ1) is 22.1. The van der Waals surface area contributed by atoms with Gasteiger partial charge in [-0.15, -0.1) is 11.3 Å². The van der Waals surface area contributed by atoms with Crippen molar-refractivity contribution in [1.82, 2.24) is 10.3 Å². The fraction of sp³-hybridized carbons (Fsp3) is 0.261. The largest absolute Gasteiger partial charge is 0.366 e. The van der Waals surface area contributed by atoms with Crippen LogP contribution in [0.2, 0.25) is 0 Å². The number of carbonyl (C=O) groups is 2.